The number of aryl methyl sites for hydroxylation is 1. The van der Waals surface area contributed by atoms with Crippen molar-refractivity contribution in [2.75, 3.05) is 12.9 Å². The lowest BCUT2D eigenvalue weighted by atomic mass is 10.1. The highest BCUT2D eigenvalue weighted by Crippen LogP contribution is 2.41. The number of hydrogen-bond donors (Lipinski definition) is 0. The number of ether oxygens (including phenoxy) is 4. The molecule has 3 aromatic carbocycles. The van der Waals surface area contributed by atoms with Crippen molar-refractivity contribution in [3.63, 3.8) is 0 Å². The lowest BCUT2D eigenvalue weighted by Crippen LogP contribution is -2.41. The van der Waals surface area contributed by atoms with Gasteiger partial charge in [0.25, 0.3) is 0 Å². The Bertz CT molecular complexity index is 1780. The van der Waals surface area contributed by atoms with Gasteiger partial charge in [-0.3, -0.25) is 4.57 Å². The Kier molecular flexibility index (Phi) is 8.73. The third-order valence-electron chi connectivity index (χ3n) is 7.06. The molecule has 0 bridgehead atoms. The van der Waals surface area contributed by atoms with Gasteiger partial charge < -0.3 is 18.9 Å². The van der Waals surface area contributed by atoms with Crippen LogP contribution < -0.4 is 0 Å². The minimum atomic E-state index is -1.15. The van der Waals surface area contributed by atoms with Gasteiger partial charge in [0.05, 0.1) is 22.4 Å². The summed E-state index contributed by atoms with van der Waals surface area (Å²) in [5, 5.41) is 0.595. The van der Waals surface area contributed by atoms with Gasteiger partial charge in [0, 0.05) is 0 Å². The molecule has 0 N–H and O–H groups in total. The van der Waals surface area contributed by atoms with Gasteiger partial charge >= 0.3 is 17.9 Å². The van der Waals surface area contributed by atoms with Crippen LogP contribution in [0.5, 0.6) is 0 Å². The lowest BCUT2D eigenvalue weighted by Gasteiger charge is -2.25. The lowest BCUT2D eigenvalue weighted by molar-refractivity contribution is -0.0634. The van der Waals surface area contributed by atoms with Gasteiger partial charge in [-0.05, 0) is 61.1 Å². The van der Waals surface area contributed by atoms with Gasteiger partial charge in [0.1, 0.15) is 23.1 Å². The molecule has 6 rings (SSSR count). The van der Waals surface area contributed by atoms with Crippen molar-refractivity contribution in [1.29, 1.82) is 0 Å². The maximum Gasteiger partial charge on any atom is 0.338 e. The molecular formula is C32H27N3O7S2. The number of fused-ring (bicyclic) bond motifs is 1. The summed E-state index contributed by atoms with van der Waals surface area (Å²) in [5.41, 5.74) is 2.40. The quantitative estimate of drug-likeness (QED) is 0.114. The Morgan fingerprint density at radius 1 is 0.818 bits per heavy atom. The highest BCUT2D eigenvalue weighted by atomic mass is 32.2. The highest BCUT2D eigenvalue weighted by Gasteiger charge is 2.52. The average Bonchev–Trinajstić information content (AvgIpc) is 3.72. The molecule has 4 atom stereocenters. The zero-order chi connectivity index (χ0) is 30.6. The molecule has 1 aliphatic heterocycles. The van der Waals surface area contributed by atoms with Crippen LogP contribution in [0.15, 0.2) is 96.2 Å². The number of esters is 3. The van der Waals surface area contributed by atoms with Crippen LogP contribution in [0.4, 0.5) is 0 Å². The molecule has 0 aliphatic carbocycles. The zero-order valence-electron chi connectivity index (χ0n) is 23.7. The van der Waals surface area contributed by atoms with Gasteiger partial charge in [-0.2, -0.15) is 4.37 Å². The van der Waals surface area contributed by atoms with Gasteiger partial charge in [-0.1, -0.05) is 66.4 Å². The third kappa shape index (κ3) is 5.96. The van der Waals surface area contributed by atoms with E-state index in [9.17, 15) is 14.4 Å². The Hall–Kier alpha value is -4.52. The average molecular weight is 630 g/mol. The number of carbonyl (C=O) groups is 3. The zero-order valence-corrected chi connectivity index (χ0v) is 25.3. The standard InChI is InChI=1S/C32H27N3O7S2/c1-19-24-28(44-34-19)35(32(33-24)43-2)27-26(42-31(38)22-16-10-5-11-17-22)25(41-30(37)21-14-8-4-9-15-21)23(40-27)18-39-29(36)20-12-6-3-7-13-20/h3-17,23,25-27H,18H2,1-2H3/t23-,25-,26-,27-/m1/s1. The first-order chi connectivity index (χ1) is 21.4. The van der Waals surface area contributed by atoms with Crippen molar-refractivity contribution >= 4 is 51.5 Å². The molecule has 0 saturated carbocycles. The number of aromatic nitrogens is 3. The molecule has 224 valence electrons. The van der Waals surface area contributed by atoms with Gasteiger partial charge in [-0.15, -0.1) is 0 Å². The van der Waals surface area contributed by atoms with Crippen LogP contribution in [0.1, 0.15) is 43.0 Å². The van der Waals surface area contributed by atoms with Crippen molar-refractivity contribution in [2.24, 2.45) is 0 Å². The number of nitrogens with zero attached hydrogens (tertiary/aromatic N) is 3. The Morgan fingerprint density at radius 3 is 1.89 bits per heavy atom. The summed E-state index contributed by atoms with van der Waals surface area (Å²) in [4.78, 5) is 45.2. The van der Waals surface area contributed by atoms with Crippen LogP contribution in [0.2, 0.25) is 0 Å². The number of carbonyl (C=O) groups excluding carboxylic acids is 3. The molecular weight excluding hydrogens is 603 g/mol. The van der Waals surface area contributed by atoms with E-state index in [1.807, 2.05) is 13.2 Å². The van der Waals surface area contributed by atoms with Crippen LogP contribution in [0, 0.1) is 6.92 Å². The van der Waals surface area contributed by atoms with Crippen LogP contribution in [-0.2, 0) is 18.9 Å². The Morgan fingerprint density at radius 2 is 1.34 bits per heavy atom. The fraction of sp³-hybridized carbons (Fsp3) is 0.219. The second kappa shape index (κ2) is 13.0. The van der Waals surface area contributed by atoms with Gasteiger partial charge in [0.15, 0.2) is 23.6 Å². The second-order valence-electron chi connectivity index (χ2n) is 9.89. The first kappa shape index (κ1) is 29.5. The summed E-state index contributed by atoms with van der Waals surface area (Å²) in [5.74, 6) is -1.85. The van der Waals surface area contributed by atoms with E-state index in [0.29, 0.717) is 32.2 Å². The minimum absolute atomic E-state index is 0.273. The van der Waals surface area contributed by atoms with E-state index in [4.69, 9.17) is 23.9 Å². The molecule has 0 radical (unpaired) electrons. The summed E-state index contributed by atoms with van der Waals surface area (Å²) in [6.07, 6.45) is -2.39. The van der Waals surface area contributed by atoms with E-state index in [1.165, 1.54) is 23.3 Å². The summed E-state index contributed by atoms with van der Waals surface area (Å²) in [6.45, 7) is 1.59. The van der Waals surface area contributed by atoms with Crippen LogP contribution in [0.25, 0.3) is 10.3 Å². The van der Waals surface area contributed by atoms with E-state index in [0.717, 1.165) is 5.69 Å². The van der Waals surface area contributed by atoms with Crippen molar-refractivity contribution in [3.05, 3.63) is 113 Å². The molecule has 3 heterocycles. The second-order valence-corrected chi connectivity index (χ2v) is 11.4. The summed E-state index contributed by atoms with van der Waals surface area (Å²) in [7, 11) is 0. The number of benzene rings is 3. The molecule has 1 fully saturated rings. The van der Waals surface area contributed by atoms with Crippen LogP contribution in [-0.4, -0.2) is 63.0 Å². The largest absolute Gasteiger partial charge is 0.459 e. The van der Waals surface area contributed by atoms with E-state index in [-0.39, 0.29) is 6.61 Å². The van der Waals surface area contributed by atoms with Gasteiger partial charge in [0.2, 0.25) is 0 Å². The van der Waals surface area contributed by atoms with E-state index < -0.39 is 42.4 Å². The molecule has 0 unspecified atom stereocenters. The maximum absolute atomic E-state index is 13.5. The van der Waals surface area contributed by atoms with E-state index >= 15 is 0 Å². The molecule has 44 heavy (non-hydrogen) atoms. The molecule has 0 spiro atoms. The predicted molar refractivity (Wildman–Crippen MR) is 164 cm³/mol. The molecule has 10 nitrogen and oxygen atoms in total. The molecule has 1 aliphatic rings. The molecule has 12 heteroatoms. The van der Waals surface area contributed by atoms with Crippen LogP contribution in [0.3, 0.4) is 0 Å². The normalized spacial score (nSPS) is 19.5. The number of thioether (sulfide) groups is 1. The number of rotatable bonds is 9. The fourth-order valence-electron chi connectivity index (χ4n) is 4.91. The maximum atomic E-state index is 13.5. The Balaban J connectivity index is 1.40. The predicted octanol–water partition coefficient (Wildman–Crippen LogP) is 5.73. The van der Waals surface area contributed by atoms with Crippen molar-refractivity contribution in [2.45, 2.75) is 36.6 Å². The van der Waals surface area contributed by atoms with E-state index in [1.54, 1.807) is 95.6 Å². The third-order valence-corrected chi connectivity index (χ3v) is 8.64. The minimum Gasteiger partial charge on any atom is -0.459 e. The van der Waals surface area contributed by atoms with Crippen molar-refractivity contribution in [1.82, 2.24) is 13.9 Å². The van der Waals surface area contributed by atoms with Crippen LogP contribution >= 0.6 is 23.3 Å². The van der Waals surface area contributed by atoms with Gasteiger partial charge in [-0.25, -0.2) is 19.4 Å². The summed E-state index contributed by atoms with van der Waals surface area (Å²) >= 11 is 2.62. The highest BCUT2D eigenvalue weighted by molar-refractivity contribution is 7.98. The number of imidazole rings is 1. The molecule has 2 aromatic heterocycles. The first-order valence-electron chi connectivity index (χ1n) is 13.7. The van der Waals surface area contributed by atoms with Crippen molar-refractivity contribution < 1.29 is 33.3 Å². The molecule has 1 saturated heterocycles. The van der Waals surface area contributed by atoms with Crippen molar-refractivity contribution in [3.8, 4) is 0 Å². The monoisotopic (exact) mass is 629 g/mol. The fourth-order valence-corrected chi connectivity index (χ4v) is 6.41. The molecule has 0 amide bonds. The Labute approximate surface area is 261 Å². The number of hydrogen-bond acceptors (Lipinski definition) is 11. The summed E-state index contributed by atoms with van der Waals surface area (Å²) in [6, 6.07) is 25.5. The molecule has 5 aromatic rings. The SMILES string of the molecule is CSc1nc2c(C)nsc2n1[C@@H]1O[C@H](COC(=O)c2ccccc2)[C@@H](OC(=O)c2ccccc2)[C@H]1OC(=O)c1ccccc1. The summed E-state index contributed by atoms with van der Waals surface area (Å²) < 4.78 is 30.5. The first-order valence-corrected chi connectivity index (χ1v) is 15.7. The topological polar surface area (TPSA) is 119 Å². The smallest absolute Gasteiger partial charge is 0.338 e. The van der Waals surface area contributed by atoms with E-state index in [2.05, 4.69) is 4.37 Å².